The van der Waals surface area contributed by atoms with Crippen LogP contribution in [0.5, 0.6) is 0 Å². The third kappa shape index (κ3) is 2.22. The fraction of sp³-hybridized carbons (Fsp3) is 0.200. The van der Waals surface area contributed by atoms with E-state index in [1.807, 2.05) is 37.4 Å². The maximum Gasteiger partial charge on any atom is 0.101 e. The molecule has 0 saturated carbocycles. The van der Waals surface area contributed by atoms with E-state index in [0.717, 1.165) is 23.2 Å². The summed E-state index contributed by atoms with van der Waals surface area (Å²) in [6.07, 6.45) is 2.75. The minimum absolute atomic E-state index is 0.0799. The van der Waals surface area contributed by atoms with Crippen LogP contribution in [0.1, 0.15) is 24.4 Å². The van der Waals surface area contributed by atoms with Crippen LogP contribution in [-0.2, 0) is 0 Å². The summed E-state index contributed by atoms with van der Waals surface area (Å²) in [4.78, 5) is 0. The molecule has 0 fully saturated rings. The van der Waals surface area contributed by atoms with E-state index < -0.39 is 0 Å². The highest BCUT2D eigenvalue weighted by Gasteiger charge is 2.11. The van der Waals surface area contributed by atoms with Gasteiger partial charge in [0.25, 0.3) is 0 Å². The van der Waals surface area contributed by atoms with E-state index in [4.69, 9.17) is 11.6 Å². The molecule has 3 rings (SSSR count). The highest BCUT2D eigenvalue weighted by Crippen LogP contribution is 2.25. The first-order chi connectivity index (χ1) is 9.29. The Balaban J connectivity index is 2.12. The van der Waals surface area contributed by atoms with Gasteiger partial charge in [-0.3, -0.25) is 0 Å². The summed E-state index contributed by atoms with van der Waals surface area (Å²) in [6.45, 7) is 2.04. The molecule has 0 radical (unpaired) electrons. The standard InChI is InChI=1S/C15H14ClN3/c1-2-13(16)14-10-19(18-17-14)15-9-5-7-11-6-3-4-8-12(11)15/h3-10,13H,2H2,1H3. The van der Waals surface area contributed by atoms with Gasteiger partial charge in [-0.2, -0.15) is 0 Å². The average Bonchev–Trinajstić information content (AvgIpc) is 2.95. The molecular weight excluding hydrogens is 258 g/mol. The summed E-state index contributed by atoms with van der Waals surface area (Å²) in [5.74, 6) is 0. The van der Waals surface area contributed by atoms with Crippen LogP contribution in [0.3, 0.4) is 0 Å². The second kappa shape index (κ2) is 5.02. The van der Waals surface area contributed by atoms with Crippen molar-refractivity contribution < 1.29 is 0 Å². The molecule has 0 bridgehead atoms. The first kappa shape index (κ1) is 12.2. The molecule has 0 aliphatic rings. The van der Waals surface area contributed by atoms with E-state index in [1.165, 1.54) is 5.39 Å². The van der Waals surface area contributed by atoms with Gasteiger partial charge in [0.1, 0.15) is 5.69 Å². The zero-order valence-electron chi connectivity index (χ0n) is 10.6. The Bertz CT molecular complexity index is 700. The van der Waals surface area contributed by atoms with Gasteiger partial charge in [-0.25, -0.2) is 4.68 Å². The second-order valence-electron chi connectivity index (χ2n) is 4.46. The van der Waals surface area contributed by atoms with Gasteiger partial charge in [0.15, 0.2) is 0 Å². The second-order valence-corrected chi connectivity index (χ2v) is 4.99. The first-order valence-corrected chi connectivity index (χ1v) is 6.77. The topological polar surface area (TPSA) is 30.7 Å². The van der Waals surface area contributed by atoms with Gasteiger partial charge in [-0.15, -0.1) is 16.7 Å². The van der Waals surface area contributed by atoms with Gasteiger partial charge < -0.3 is 0 Å². The Morgan fingerprint density at radius 3 is 2.79 bits per heavy atom. The zero-order chi connectivity index (χ0) is 13.2. The molecule has 0 saturated heterocycles. The third-order valence-corrected chi connectivity index (χ3v) is 3.74. The predicted octanol–water partition coefficient (Wildman–Crippen LogP) is 4.11. The number of alkyl halides is 1. The van der Waals surface area contributed by atoms with Crippen molar-refractivity contribution in [3.8, 4) is 5.69 Å². The quantitative estimate of drug-likeness (QED) is 0.671. The van der Waals surface area contributed by atoms with E-state index >= 15 is 0 Å². The summed E-state index contributed by atoms with van der Waals surface area (Å²) in [6, 6.07) is 14.4. The number of aromatic nitrogens is 3. The molecule has 19 heavy (non-hydrogen) atoms. The summed E-state index contributed by atoms with van der Waals surface area (Å²) >= 11 is 6.19. The third-order valence-electron chi connectivity index (χ3n) is 3.20. The Labute approximate surface area is 116 Å². The summed E-state index contributed by atoms with van der Waals surface area (Å²) in [7, 11) is 0. The highest BCUT2D eigenvalue weighted by molar-refractivity contribution is 6.20. The zero-order valence-corrected chi connectivity index (χ0v) is 11.4. The Kier molecular flexibility index (Phi) is 3.22. The SMILES string of the molecule is CCC(Cl)c1cn(-c2cccc3ccccc23)nn1. The van der Waals surface area contributed by atoms with E-state index in [-0.39, 0.29) is 5.38 Å². The lowest BCUT2D eigenvalue weighted by Crippen LogP contribution is -1.95. The molecule has 0 aliphatic carbocycles. The van der Waals surface area contributed by atoms with E-state index in [2.05, 4.69) is 28.5 Å². The first-order valence-electron chi connectivity index (χ1n) is 6.34. The van der Waals surface area contributed by atoms with Crippen molar-refractivity contribution in [3.05, 3.63) is 54.4 Å². The van der Waals surface area contributed by atoms with Crippen LogP contribution in [0, 0.1) is 0 Å². The van der Waals surface area contributed by atoms with Crippen LogP contribution < -0.4 is 0 Å². The number of nitrogens with zero attached hydrogens (tertiary/aromatic N) is 3. The van der Waals surface area contributed by atoms with Gasteiger partial charge >= 0.3 is 0 Å². The van der Waals surface area contributed by atoms with Crippen LogP contribution in [0.4, 0.5) is 0 Å². The molecule has 3 aromatic rings. The van der Waals surface area contributed by atoms with Crippen LogP contribution in [0.2, 0.25) is 0 Å². The molecule has 0 spiro atoms. The van der Waals surface area contributed by atoms with E-state index in [0.29, 0.717) is 0 Å². The van der Waals surface area contributed by atoms with Crippen molar-refractivity contribution >= 4 is 22.4 Å². The molecule has 96 valence electrons. The molecule has 2 aromatic carbocycles. The van der Waals surface area contributed by atoms with Crippen molar-refractivity contribution in [2.45, 2.75) is 18.7 Å². The number of benzene rings is 2. The molecule has 0 N–H and O–H groups in total. The number of hydrogen-bond donors (Lipinski definition) is 0. The monoisotopic (exact) mass is 271 g/mol. The van der Waals surface area contributed by atoms with Crippen molar-refractivity contribution in [3.63, 3.8) is 0 Å². The molecule has 1 heterocycles. The Hall–Kier alpha value is -1.87. The molecule has 0 amide bonds. The summed E-state index contributed by atoms with van der Waals surface area (Å²) < 4.78 is 1.79. The average molecular weight is 272 g/mol. The minimum atomic E-state index is -0.0799. The normalized spacial score (nSPS) is 12.7. The largest absolute Gasteiger partial charge is 0.220 e. The summed E-state index contributed by atoms with van der Waals surface area (Å²) in [5.41, 5.74) is 1.84. The lowest BCUT2D eigenvalue weighted by atomic mass is 10.1. The van der Waals surface area contributed by atoms with Gasteiger partial charge in [0, 0.05) is 5.39 Å². The number of rotatable bonds is 3. The Morgan fingerprint density at radius 1 is 1.16 bits per heavy atom. The molecule has 1 aromatic heterocycles. The van der Waals surface area contributed by atoms with Crippen LogP contribution in [0.15, 0.2) is 48.7 Å². The Morgan fingerprint density at radius 2 is 1.95 bits per heavy atom. The highest BCUT2D eigenvalue weighted by atomic mass is 35.5. The number of hydrogen-bond acceptors (Lipinski definition) is 2. The fourth-order valence-electron chi connectivity index (χ4n) is 2.16. The van der Waals surface area contributed by atoms with Crippen molar-refractivity contribution in [1.82, 2.24) is 15.0 Å². The maximum absolute atomic E-state index is 6.19. The fourth-order valence-corrected chi connectivity index (χ4v) is 2.26. The molecule has 1 unspecified atom stereocenters. The lowest BCUT2D eigenvalue weighted by Gasteiger charge is -2.05. The van der Waals surface area contributed by atoms with Crippen molar-refractivity contribution in [1.29, 1.82) is 0 Å². The number of fused-ring (bicyclic) bond motifs is 1. The van der Waals surface area contributed by atoms with Crippen LogP contribution >= 0.6 is 11.6 Å². The van der Waals surface area contributed by atoms with Crippen LogP contribution in [0.25, 0.3) is 16.5 Å². The lowest BCUT2D eigenvalue weighted by molar-refractivity contribution is 0.789. The van der Waals surface area contributed by atoms with Crippen LogP contribution in [-0.4, -0.2) is 15.0 Å². The number of halogens is 1. The van der Waals surface area contributed by atoms with E-state index in [9.17, 15) is 0 Å². The van der Waals surface area contributed by atoms with Crippen molar-refractivity contribution in [2.24, 2.45) is 0 Å². The van der Waals surface area contributed by atoms with Crippen molar-refractivity contribution in [2.75, 3.05) is 0 Å². The molecule has 3 nitrogen and oxygen atoms in total. The molecule has 4 heteroatoms. The van der Waals surface area contributed by atoms with Gasteiger partial charge in [0.2, 0.25) is 0 Å². The minimum Gasteiger partial charge on any atom is -0.220 e. The molecule has 0 aliphatic heterocycles. The van der Waals surface area contributed by atoms with Gasteiger partial charge in [-0.1, -0.05) is 48.5 Å². The van der Waals surface area contributed by atoms with Gasteiger partial charge in [0.05, 0.1) is 17.3 Å². The smallest absolute Gasteiger partial charge is 0.101 e. The molecule has 1 atom stereocenters. The molecular formula is C15H14ClN3. The predicted molar refractivity (Wildman–Crippen MR) is 77.8 cm³/mol. The summed E-state index contributed by atoms with van der Waals surface area (Å²) in [5, 5.41) is 10.6. The van der Waals surface area contributed by atoms with E-state index in [1.54, 1.807) is 4.68 Å². The maximum atomic E-state index is 6.19. The van der Waals surface area contributed by atoms with Gasteiger partial charge in [-0.05, 0) is 17.9 Å².